The molecule has 0 aliphatic rings. The highest BCUT2D eigenvalue weighted by atomic mass is 35.5. The van der Waals surface area contributed by atoms with E-state index in [-0.39, 0.29) is 11.8 Å². The summed E-state index contributed by atoms with van der Waals surface area (Å²) in [4.78, 5) is 24.4. The SMILES string of the molecule is O=C(N/N=C\c1cccc(NC(=O)c2ccccc2Cl)c1)c1cccc(Cl)c1. The number of hydrogen-bond donors (Lipinski definition) is 2. The Labute approximate surface area is 172 Å². The predicted molar refractivity (Wildman–Crippen MR) is 112 cm³/mol. The molecule has 140 valence electrons. The zero-order chi connectivity index (χ0) is 19.9. The van der Waals surface area contributed by atoms with Gasteiger partial charge in [0.25, 0.3) is 11.8 Å². The third-order valence-corrected chi connectivity index (χ3v) is 4.29. The number of hydrazone groups is 1. The molecule has 3 rings (SSSR count). The van der Waals surface area contributed by atoms with Crippen molar-refractivity contribution < 1.29 is 9.59 Å². The molecule has 0 atom stereocenters. The zero-order valence-electron chi connectivity index (χ0n) is 14.5. The molecule has 0 radical (unpaired) electrons. The maximum atomic E-state index is 12.3. The van der Waals surface area contributed by atoms with E-state index in [0.29, 0.717) is 32.4 Å². The Morgan fingerprint density at radius 1 is 0.857 bits per heavy atom. The fraction of sp³-hybridized carbons (Fsp3) is 0. The molecule has 3 aromatic carbocycles. The first-order valence-corrected chi connectivity index (χ1v) is 9.03. The fourth-order valence-corrected chi connectivity index (χ4v) is 2.81. The van der Waals surface area contributed by atoms with E-state index in [1.807, 2.05) is 0 Å². The van der Waals surface area contributed by atoms with Gasteiger partial charge in [-0.2, -0.15) is 5.10 Å². The van der Waals surface area contributed by atoms with Crippen molar-refractivity contribution in [2.24, 2.45) is 5.10 Å². The molecule has 0 fully saturated rings. The minimum Gasteiger partial charge on any atom is -0.322 e. The number of rotatable bonds is 5. The van der Waals surface area contributed by atoms with Gasteiger partial charge in [-0.3, -0.25) is 9.59 Å². The van der Waals surface area contributed by atoms with Crippen LogP contribution in [-0.2, 0) is 0 Å². The number of benzene rings is 3. The highest BCUT2D eigenvalue weighted by molar-refractivity contribution is 6.34. The Bertz CT molecular complexity index is 1050. The van der Waals surface area contributed by atoms with Crippen LogP contribution in [0.25, 0.3) is 0 Å². The minimum absolute atomic E-state index is 0.311. The Balaban J connectivity index is 1.64. The maximum Gasteiger partial charge on any atom is 0.271 e. The zero-order valence-corrected chi connectivity index (χ0v) is 16.0. The van der Waals surface area contributed by atoms with Crippen LogP contribution in [0.4, 0.5) is 5.69 Å². The number of nitrogens with one attached hydrogen (secondary N) is 2. The van der Waals surface area contributed by atoms with Crippen LogP contribution in [0.5, 0.6) is 0 Å². The van der Waals surface area contributed by atoms with E-state index >= 15 is 0 Å². The lowest BCUT2D eigenvalue weighted by atomic mass is 10.2. The number of hydrogen-bond acceptors (Lipinski definition) is 3. The van der Waals surface area contributed by atoms with Crippen LogP contribution in [0, 0.1) is 0 Å². The standard InChI is InChI=1S/C21H15Cl2N3O2/c22-16-7-4-6-15(12-16)20(27)26-24-13-14-5-3-8-17(11-14)25-21(28)18-9-1-2-10-19(18)23/h1-13H,(H,25,28)(H,26,27)/b24-13-. The van der Waals surface area contributed by atoms with Gasteiger partial charge in [0.2, 0.25) is 0 Å². The summed E-state index contributed by atoms with van der Waals surface area (Å²) in [6, 6.07) is 20.4. The fourth-order valence-electron chi connectivity index (χ4n) is 2.40. The molecule has 0 aliphatic carbocycles. The van der Waals surface area contributed by atoms with Crippen molar-refractivity contribution in [1.82, 2.24) is 5.43 Å². The van der Waals surface area contributed by atoms with Crippen LogP contribution in [0.2, 0.25) is 10.0 Å². The lowest BCUT2D eigenvalue weighted by Crippen LogP contribution is -2.17. The number of carbonyl (C=O) groups is 2. The number of nitrogens with zero attached hydrogens (tertiary/aromatic N) is 1. The number of halogens is 2. The highest BCUT2D eigenvalue weighted by Crippen LogP contribution is 2.17. The van der Waals surface area contributed by atoms with Crippen molar-refractivity contribution in [1.29, 1.82) is 0 Å². The molecule has 0 heterocycles. The largest absolute Gasteiger partial charge is 0.322 e. The van der Waals surface area contributed by atoms with E-state index in [1.54, 1.807) is 72.8 Å². The normalized spacial score (nSPS) is 10.6. The van der Waals surface area contributed by atoms with Crippen molar-refractivity contribution in [3.63, 3.8) is 0 Å². The molecule has 0 spiro atoms. The Morgan fingerprint density at radius 2 is 1.64 bits per heavy atom. The van der Waals surface area contributed by atoms with Crippen LogP contribution in [0.15, 0.2) is 77.9 Å². The quantitative estimate of drug-likeness (QED) is 0.457. The molecule has 2 amide bonds. The van der Waals surface area contributed by atoms with E-state index < -0.39 is 0 Å². The number of anilines is 1. The second-order valence-electron chi connectivity index (χ2n) is 5.77. The monoisotopic (exact) mass is 411 g/mol. The molecule has 0 aromatic heterocycles. The van der Waals surface area contributed by atoms with Crippen LogP contribution < -0.4 is 10.7 Å². The van der Waals surface area contributed by atoms with E-state index in [1.165, 1.54) is 6.21 Å². The summed E-state index contributed by atoms with van der Waals surface area (Å²) >= 11 is 11.9. The van der Waals surface area contributed by atoms with Gasteiger partial charge in [-0.1, -0.05) is 53.5 Å². The van der Waals surface area contributed by atoms with Gasteiger partial charge >= 0.3 is 0 Å². The molecule has 0 saturated carbocycles. The molecule has 0 saturated heterocycles. The summed E-state index contributed by atoms with van der Waals surface area (Å²) in [5.41, 5.74) is 4.51. The Morgan fingerprint density at radius 3 is 2.43 bits per heavy atom. The van der Waals surface area contributed by atoms with Gasteiger partial charge < -0.3 is 5.32 Å². The molecule has 28 heavy (non-hydrogen) atoms. The van der Waals surface area contributed by atoms with E-state index in [9.17, 15) is 9.59 Å². The van der Waals surface area contributed by atoms with Gasteiger partial charge in [-0.15, -0.1) is 0 Å². The lowest BCUT2D eigenvalue weighted by Gasteiger charge is -2.07. The summed E-state index contributed by atoms with van der Waals surface area (Å²) in [7, 11) is 0. The summed E-state index contributed by atoms with van der Waals surface area (Å²) in [6.45, 7) is 0. The summed E-state index contributed by atoms with van der Waals surface area (Å²) < 4.78 is 0. The van der Waals surface area contributed by atoms with Crippen LogP contribution in [0.1, 0.15) is 26.3 Å². The van der Waals surface area contributed by atoms with Crippen LogP contribution in [0.3, 0.4) is 0 Å². The molecule has 0 unspecified atom stereocenters. The minimum atomic E-state index is -0.373. The summed E-state index contributed by atoms with van der Waals surface area (Å²) in [5.74, 6) is -0.684. The maximum absolute atomic E-state index is 12.3. The Hall–Kier alpha value is -3.15. The number of carbonyl (C=O) groups excluding carboxylic acids is 2. The van der Waals surface area contributed by atoms with Gasteiger partial charge in [0, 0.05) is 16.3 Å². The lowest BCUT2D eigenvalue weighted by molar-refractivity contribution is 0.0954. The molecule has 7 heteroatoms. The van der Waals surface area contributed by atoms with Crippen molar-refractivity contribution in [2.45, 2.75) is 0 Å². The average molecular weight is 412 g/mol. The van der Waals surface area contributed by atoms with E-state index in [4.69, 9.17) is 23.2 Å². The van der Waals surface area contributed by atoms with Crippen molar-refractivity contribution in [3.05, 3.63) is 99.5 Å². The first-order valence-electron chi connectivity index (χ1n) is 8.28. The Kier molecular flexibility index (Phi) is 6.42. The molecule has 5 nitrogen and oxygen atoms in total. The first-order chi connectivity index (χ1) is 13.5. The van der Waals surface area contributed by atoms with E-state index in [0.717, 1.165) is 0 Å². The average Bonchev–Trinajstić information content (AvgIpc) is 2.68. The molecular weight excluding hydrogens is 397 g/mol. The van der Waals surface area contributed by atoms with Crippen LogP contribution in [-0.4, -0.2) is 18.0 Å². The molecule has 0 bridgehead atoms. The third-order valence-electron chi connectivity index (χ3n) is 3.73. The highest BCUT2D eigenvalue weighted by Gasteiger charge is 2.09. The van der Waals surface area contributed by atoms with Crippen molar-refractivity contribution in [2.75, 3.05) is 5.32 Å². The number of amides is 2. The van der Waals surface area contributed by atoms with Crippen LogP contribution >= 0.6 is 23.2 Å². The van der Waals surface area contributed by atoms with Gasteiger partial charge in [-0.05, 0) is 48.0 Å². The summed E-state index contributed by atoms with van der Waals surface area (Å²) in [6.07, 6.45) is 1.48. The van der Waals surface area contributed by atoms with Gasteiger partial charge in [0.15, 0.2) is 0 Å². The molecular formula is C21H15Cl2N3O2. The summed E-state index contributed by atoms with van der Waals surface area (Å²) in [5, 5.41) is 7.57. The second-order valence-corrected chi connectivity index (χ2v) is 6.61. The van der Waals surface area contributed by atoms with E-state index in [2.05, 4.69) is 15.8 Å². The van der Waals surface area contributed by atoms with Crippen molar-refractivity contribution in [3.8, 4) is 0 Å². The second kappa shape index (κ2) is 9.17. The van der Waals surface area contributed by atoms with Gasteiger partial charge in [0.05, 0.1) is 16.8 Å². The third kappa shape index (κ3) is 5.19. The first kappa shape index (κ1) is 19.6. The smallest absolute Gasteiger partial charge is 0.271 e. The molecule has 2 N–H and O–H groups in total. The van der Waals surface area contributed by atoms with Gasteiger partial charge in [0.1, 0.15) is 0 Å². The van der Waals surface area contributed by atoms with Gasteiger partial charge in [-0.25, -0.2) is 5.43 Å². The molecule has 3 aromatic rings. The van der Waals surface area contributed by atoms with Crippen molar-refractivity contribution >= 4 is 46.9 Å². The molecule has 0 aliphatic heterocycles. The topological polar surface area (TPSA) is 70.6 Å². The predicted octanol–water partition coefficient (Wildman–Crippen LogP) is 5.01.